The van der Waals surface area contributed by atoms with Crippen molar-refractivity contribution in [3.8, 4) is 0 Å². The van der Waals surface area contributed by atoms with E-state index in [1.54, 1.807) is 13.8 Å². The van der Waals surface area contributed by atoms with Crippen LogP contribution < -0.4 is 5.32 Å². The van der Waals surface area contributed by atoms with Gasteiger partial charge in [0.05, 0.1) is 5.41 Å². The molecule has 0 radical (unpaired) electrons. The molecule has 2 N–H and O–H groups in total. The Kier molecular flexibility index (Phi) is 4.23. The Morgan fingerprint density at radius 2 is 1.59 bits per heavy atom. The van der Waals surface area contributed by atoms with Crippen LogP contribution >= 0.6 is 0 Å². The summed E-state index contributed by atoms with van der Waals surface area (Å²) in [5.41, 5.74) is -1.14. The van der Waals surface area contributed by atoms with Crippen LogP contribution in [0.4, 0.5) is 0 Å². The Labute approximate surface area is 105 Å². The fourth-order valence-corrected chi connectivity index (χ4v) is 2.36. The van der Waals surface area contributed by atoms with Crippen molar-refractivity contribution in [3.05, 3.63) is 0 Å². The maximum Gasteiger partial charge on any atom is 0.310 e. The van der Waals surface area contributed by atoms with Gasteiger partial charge in [0.15, 0.2) is 0 Å². The summed E-state index contributed by atoms with van der Waals surface area (Å²) < 4.78 is 0. The summed E-state index contributed by atoms with van der Waals surface area (Å²) in [7, 11) is 0. The van der Waals surface area contributed by atoms with Crippen molar-refractivity contribution in [2.24, 2.45) is 11.3 Å². The number of carboxylic acid groups (broad SMARTS) is 1. The zero-order valence-electron chi connectivity index (χ0n) is 11.8. The van der Waals surface area contributed by atoms with E-state index in [4.69, 9.17) is 0 Å². The molecule has 0 aromatic heterocycles. The van der Waals surface area contributed by atoms with Crippen LogP contribution in [0.15, 0.2) is 0 Å². The molecule has 1 saturated carbocycles. The number of nitrogens with one attached hydrogen (secondary N) is 1. The molecule has 3 heteroatoms. The molecule has 1 rings (SSSR count). The van der Waals surface area contributed by atoms with Crippen LogP contribution in [0.1, 0.15) is 60.3 Å². The molecule has 1 fully saturated rings. The highest BCUT2D eigenvalue weighted by Crippen LogP contribution is 2.33. The topological polar surface area (TPSA) is 49.3 Å². The first-order chi connectivity index (χ1) is 7.67. The summed E-state index contributed by atoms with van der Waals surface area (Å²) in [5, 5.41) is 12.9. The molecule has 0 aromatic carbocycles. The van der Waals surface area contributed by atoms with Crippen molar-refractivity contribution in [1.82, 2.24) is 5.32 Å². The highest BCUT2D eigenvalue weighted by Gasteiger charge is 2.44. The van der Waals surface area contributed by atoms with E-state index < -0.39 is 11.4 Å². The van der Waals surface area contributed by atoms with Gasteiger partial charge in [-0.2, -0.15) is 0 Å². The number of aliphatic carboxylic acids is 1. The van der Waals surface area contributed by atoms with Gasteiger partial charge < -0.3 is 10.4 Å². The van der Waals surface area contributed by atoms with Gasteiger partial charge in [0.2, 0.25) is 0 Å². The number of hydrogen-bond donors (Lipinski definition) is 2. The minimum Gasteiger partial charge on any atom is -0.481 e. The third kappa shape index (κ3) is 3.21. The van der Waals surface area contributed by atoms with Gasteiger partial charge >= 0.3 is 5.97 Å². The van der Waals surface area contributed by atoms with Gasteiger partial charge in [-0.15, -0.1) is 0 Å². The molecular weight excluding hydrogens is 214 g/mol. The molecule has 0 aromatic rings. The van der Waals surface area contributed by atoms with Crippen LogP contribution in [0, 0.1) is 11.3 Å². The molecule has 0 unspecified atom stereocenters. The lowest BCUT2D eigenvalue weighted by Crippen LogP contribution is -2.58. The second-order valence-corrected chi connectivity index (χ2v) is 6.66. The van der Waals surface area contributed by atoms with Gasteiger partial charge in [-0.1, -0.05) is 6.92 Å². The lowest BCUT2D eigenvalue weighted by molar-refractivity contribution is -0.151. The largest absolute Gasteiger partial charge is 0.481 e. The Morgan fingerprint density at radius 3 is 2.00 bits per heavy atom. The van der Waals surface area contributed by atoms with E-state index in [1.807, 2.05) is 13.8 Å². The van der Waals surface area contributed by atoms with Crippen LogP contribution in [0.5, 0.6) is 0 Å². The summed E-state index contributed by atoms with van der Waals surface area (Å²) in [4.78, 5) is 11.3. The molecule has 0 bridgehead atoms. The molecule has 100 valence electrons. The SMILES string of the molecule is CC1CCC(NC(C)(C)C(C)(C)C(=O)O)CC1. The lowest BCUT2D eigenvalue weighted by atomic mass is 9.73. The average molecular weight is 241 g/mol. The van der Waals surface area contributed by atoms with Crippen LogP contribution in [0.3, 0.4) is 0 Å². The monoisotopic (exact) mass is 241 g/mol. The Balaban J connectivity index is 2.63. The van der Waals surface area contributed by atoms with Crippen LogP contribution in [0.25, 0.3) is 0 Å². The first kappa shape index (κ1) is 14.5. The Hall–Kier alpha value is -0.570. The highest BCUT2D eigenvalue weighted by molar-refractivity contribution is 5.75. The Bertz CT molecular complexity index is 276. The van der Waals surface area contributed by atoms with E-state index in [-0.39, 0.29) is 5.54 Å². The normalized spacial score (nSPS) is 26.9. The zero-order chi connectivity index (χ0) is 13.3. The van der Waals surface area contributed by atoms with Gasteiger partial charge in [-0.25, -0.2) is 0 Å². The van der Waals surface area contributed by atoms with Gasteiger partial charge in [-0.05, 0) is 59.3 Å². The number of carboxylic acids is 1. The quantitative estimate of drug-likeness (QED) is 0.795. The summed E-state index contributed by atoms with van der Waals surface area (Å²) in [6, 6.07) is 0.472. The van der Waals surface area contributed by atoms with Crippen molar-refractivity contribution >= 4 is 5.97 Å². The molecule has 0 heterocycles. The van der Waals surface area contributed by atoms with Gasteiger partial charge in [0, 0.05) is 11.6 Å². The van der Waals surface area contributed by atoms with Gasteiger partial charge in [0.1, 0.15) is 0 Å². The molecule has 0 amide bonds. The molecule has 0 atom stereocenters. The van der Waals surface area contributed by atoms with E-state index in [1.165, 1.54) is 25.7 Å². The van der Waals surface area contributed by atoms with Crippen molar-refractivity contribution in [1.29, 1.82) is 0 Å². The predicted octanol–water partition coefficient (Wildman–Crippen LogP) is 3.04. The maximum absolute atomic E-state index is 11.3. The van der Waals surface area contributed by atoms with Crippen LogP contribution in [-0.4, -0.2) is 22.7 Å². The van der Waals surface area contributed by atoms with Crippen molar-refractivity contribution in [3.63, 3.8) is 0 Å². The molecule has 17 heavy (non-hydrogen) atoms. The Morgan fingerprint density at radius 1 is 1.12 bits per heavy atom. The minimum absolute atomic E-state index is 0.385. The first-order valence-corrected chi connectivity index (χ1v) is 6.68. The number of hydrogen-bond acceptors (Lipinski definition) is 2. The van der Waals surface area contributed by atoms with E-state index in [9.17, 15) is 9.90 Å². The van der Waals surface area contributed by atoms with E-state index in [0.29, 0.717) is 6.04 Å². The minimum atomic E-state index is -0.754. The summed E-state index contributed by atoms with van der Waals surface area (Å²) in [6.07, 6.45) is 4.84. The fraction of sp³-hybridized carbons (Fsp3) is 0.929. The van der Waals surface area contributed by atoms with Gasteiger partial charge in [0.25, 0.3) is 0 Å². The van der Waals surface area contributed by atoms with Crippen molar-refractivity contribution in [2.45, 2.75) is 71.9 Å². The van der Waals surface area contributed by atoms with E-state index >= 15 is 0 Å². The smallest absolute Gasteiger partial charge is 0.310 e. The number of carbonyl (C=O) groups is 1. The lowest BCUT2D eigenvalue weighted by Gasteiger charge is -2.43. The fourth-order valence-electron chi connectivity index (χ4n) is 2.36. The zero-order valence-corrected chi connectivity index (χ0v) is 11.8. The first-order valence-electron chi connectivity index (χ1n) is 6.68. The predicted molar refractivity (Wildman–Crippen MR) is 70.1 cm³/mol. The molecule has 1 aliphatic rings. The third-order valence-electron chi connectivity index (χ3n) is 4.68. The van der Waals surface area contributed by atoms with Gasteiger partial charge in [-0.3, -0.25) is 4.79 Å². The second-order valence-electron chi connectivity index (χ2n) is 6.66. The van der Waals surface area contributed by atoms with Crippen LogP contribution in [0.2, 0.25) is 0 Å². The van der Waals surface area contributed by atoms with E-state index in [0.717, 1.165) is 5.92 Å². The standard InChI is InChI=1S/C14H27NO2/c1-10-6-8-11(9-7-10)15-14(4,5)13(2,3)12(16)17/h10-11,15H,6-9H2,1-5H3,(H,16,17). The van der Waals surface area contributed by atoms with E-state index in [2.05, 4.69) is 12.2 Å². The molecule has 0 aliphatic heterocycles. The summed E-state index contributed by atoms with van der Waals surface area (Å²) in [6.45, 7) is 9.89. The molecule has 3 nitrogen and oxygen atoms in total. The highest BCUT2D eigenvalue weighted by atomic mass is 16.4. The molecular formula is C14H27NO2. The number of rotatable bonds is 4. The average Bonchev–Trinajstić information content (AvgIpc) is 2.20. The maximum atomic E-state index is 11.3. The van der Waals surface area contributed by atoms with Crippen LogP contribution in [-0.2, 0) is 4.79 Å². The molecule has 0 saturated heterocycles. The molecule has 1 aliphatic carbocycles. The summed E-state index contributed by atoms with van der Waals surface area (Å²) in [5.74, 6) is 0.0859. The van der Waals surface area contributed by atoms with Crippen molar-refractivity contribution < 1.29 is 9.90 Å². The van der Waals surface area contributed by atoms with Crippen molar-refractivity contribution in [2.75, 3.05) is 0 Å². The summed E-state index contributed by atoms with van der Waals surface area (Å²) >= 11 is 0. The molecule has 0 spiro atoms. The third-order valence-corrected chi connectivity index (χ3v) is 4.68. The second kappa shape index (κ2) is 4.97.